The number of amides is 2. The second-order valence-corrected chi connectivity index (χ2v) is 6.10. The number of imide groups is 1. The molecular weight excluding hydrogens is 252 g/mol. The fourth-order valence-electron chi connectivity index (χ4n) is 3.44. The van der Waals surface area contributed by atoms with Gasteiger partial charge in [0.05, 0.1) is 16.7 Å². The van der Waals surface area contributed by atoms with Crippen molar-refractivity contribution < 1.29 is 9.59 Å². The topological polar surface area (TPSA) is 63.4 Å². The second-order valence-electron chi connectivity index (χ2n) is 6.10. The standard InChI is InChI=1S/C16H20N2O2/c1-11-6-8-16(10-17,9-7-11)18-14(19)12-4-2-3-5-13(12)15(18)20/h2-5,11H,6-10,17H2,1H3. The maximum Gasteiger partial charge on any atom is 0.262 e. The lowest BCUT2D eigenvalue weighted by molar-refractivity contribution is 0.0309. The van der Waals surface area contributed by atoms with Gasteiger partial charge in [0.1, 0.15) is 0 Å². The third-order valence-electron chi connectivity index (χ3n) is 4.85. The summed E-state index contributed by atoms with van der Waals surface area (Å²) in [6.07, 6.45) is 3.67. The highest BCUT2D eigenvalue weighted by Crippen LogP contribution is 2.40. The minimum atomic E-state index is -0.486. The minimum absolute atomic E-state index is 0.175. The summed E-state index contributed by atoms with van der Waals surface area (Å²) in [4.78, 5) is 26.7. The highest BCUT2D eigenvalue weighted by atomic mass is 16.2. The number of carbonyl (C=O) groups is 2. The van der Waals surface area contributed by atoms with Crippen molar-refractivity contribution in [3.63, 3.8) is 0 Å². The fourth-order valence-corrected chi connectivity index (χ4v) is 3.44. The van der Waals surface area contributed by atoms with Crippen molar-refractivity contribution in [1.29, 1.82) is 0 Å². The predicted molar refractivity (Wildman–Crippen MR) is 76.4 cm³/mol. The number of benzene rings is 1. The molecule has 2 N–H and O–H groups in total. The monoisotopic (exact) mass is 272 g/mol. The normalized spacial score (nSPS) is 29.7. The summed E-state index contributed by atoms with van der Waals surface area (Å²) in [5.74, 6) is 0.293. The summed E-state index contributed by atoms with van der Waals surface area (Å²) in [5.41, 5.74) is 6.53. The molecule has 0 saturated heterocycles. The molecule has 2 aliphatic rings. The van der Waals surface area contributed by atoms with Crippen LogP contribution in [-0.4, -0.2) is 28.8 Å². The van der Waals surface area contributed by atoms with Crippen LogP contribution in [0.5, 0.6) is 0 Å². The van der Waals surface area contributed by atoms with Crippen LogP contribution >= 0.6 is 0 Å². The number of nitrogens with zero attached hydrogens (tertiary/aromatic N) is 1. The summed E-state index contributed by atoms with van der Waals surface area (Å²) in [6, 6.07) is 7.05. The summed E-state index contributed by atoms with van der Waals surface area (Å²) < 4.78 is 0. The SMILES string of the molecule is CC1CCC(CN)(N2C(=O)c3ccccc3C2=O)CC1. The highest BCUT2D eigenvalue weighted by Gasteiger charge is 2.49. The molecule has 0 radical (unpaired) electrons. The Hall–Kier alpha value is -1.68. The first-order chi connectivity index (χ1) is 9.59. The van der Waals surface area contributed by atoms with Crippen molar-refractivity contribution in [3.8, 4) is 0 Å². The average molecular weight is 272 g/mol. The maximum absolute atomic E-state index is 12.6. The minimum Gasteiger partial charge on any atom is -0.328 e. The zero-order valence-electron chi connectivity index (χ0n) is 11.8. The van der Waals surface area contributed by atoms with E-state index < -0.39 is 5.54 Å². The molecule has 0 aromatic heterocycles. The van der Waals surface area contributed by atoms with E-state index in [0.717, 1.165) is 25.7 Å². The third kappa shape index (κ3) is 1.79. The Balaban J connectivity index is 1.99. The van der Waals surface area contributed by atoms with Crippen LogP contribution < -0.4 is 5.73 Å². The Labute approximate surface area is 118 Å². The van der Waals surface area contributed by atoms with E-state index >= 15 is 0 Å². The van der Waals surface area contributed by atoms with Gasteiger partial charge in [-0.15, -0.1) is 0 Å². The Morgan fingerprint density at radius 1 is 1.15 bits per heavy atom. The third-order valence-corrected chi connectivity index (χ3v) is 4.85. The molecule has 1 aromatic carbocycles. The predicted octanol–water partition coefficient (Wildman–Crippen LogP) is 2.19. The van der Waals surface area contributed by atoms with Crippen molar-refractivity contribution >= 4 is 11.8 Å². The van der Waals surface area contributed by atoms with Gasteiger partial charge >= 0.3 is 0 Å². The molecule has 106 valence electrons. The summed E-state index contributed by atoms with van der Waals surface area (Å²) in [6.45, 7) is 2.56. The lowest BCUT2D eigenvalue weighted by Crippen LogP contribution is -2.57. The first kappa shape index (κ1) is 13.3. The van der Waals surface area contributed by atoms with Crippen LogP contribution in [0.25, 0.3) is 0 Å². The number of rotatable bonds is 2. The molecule has 1 aliphatic heterocycles. The van der Waals surface area contributed by atoms with Crippen molar-refractivity contribution in [2.24, 2.45) is 11.7 Å². The molecule has 4 heteroatoms. The largest absolute Gasteiger partial charge is 0.328 e. The van der Waals surface area contributed by atoms with E-state index in [2.05, 4.69) is 6.92 Å². The zero-order valence-corrected chi connectivity index (χ0v) is 11.8. The van der Waals surface area contributed by atoms with Crippen LogP contribution in [0.3, 0.4) is 0 Å². The van der Waals surface area contributed by atoms with Crippen molar-refractivity contribution in [2.75, 3.05) is 6.54 Å². The molecular formula is C16H20N2O2. The van der Waals surface area contributed by atoms with E-state index in [4.69, 9.17) is 5.73 Å². The van der Waals surface area contributed by atoms with E-state index in [1.807, 2.05) is 0 Å². The molecule has 20 heavy (non-hydrogen) atoms. The van der Waals surface area contributed by atoms with Crippen LogP contribution in [0.1, 0.15) is 53.3 Å². The second kappa shape index (κ2) is 4.70. The number of hydrogen-bond acceptors (Lipinski definition) is 3. The van der Waals surface area contributed by atoms with E-state index in [9.17, 15) is 9.59 Å². The van der Waals surface area contributed by atoms with E-state index in [1.165, 1.54) is 4.90 Å². The summed E-state index contributed by atoms with van der Waals surface area (Å²) >= 11 is 0. The Kier molecular flexibility index (Phi) is 3.13. The molecule has 1 aromatic rings. The van der Waals surface area contributed by atoms with Gasteiger partial charge in [0, 0.05) is 6.54 Å². The summed E-state index contributed by atoms with van der Waals surface area (Å²) in [7, 11) is 0. The molecule has 0 unspecified atom stereocenters. The Morgan fingerprint density at radius 3 is 2.10 bits per heavy atom. The van der Waals surface area contributed by atoms with Gasteiger partial charge in [-0.25, -0.2) is 0 Å². The van der Waals surface area contributed by atoms with E-state index in [0.29, 0.717) is 23.6 Å². The van der Waals surface area contributed by atoms with Gasteiger partial charge < -0.3 is 5.73 Å². The molecule has 1 fully saturated rings. The summed E-state index contributed by atoms with van der Waals surface area (Å²) in [5, 5.41) is 0. The number of carbonyl (C=O) groups excluding carboxylic acids is 2. The average Bonchev–Trinajstić information content (AvgIpc) is 2.74. The van der Waals surface area contributed by atoms with Gasteiger partial charge in [-0.05, 0) is 43.7 Å². The molecule has 2 amide bonds. The maximum atomic E-state index is 12.6. The lowest BCUT2D eigenvalue weighted by atomic mass is 9.76. The smallest absolute Gasteiger partial charge is 0.262 e. The Morgan fingerprint density at radius 2 is 1.65 bits per heavy atom. The molecule has 1 aliphatic carbocycles. The van der Waals surface area contributed by atoms with Gasteiger partial charge in [-0.3, -0.25) is 14.5 Å². The first-order valence-corrected chi connectivity index (χ1v) is 7.27. The van der Waals surface area contributed by atoms with Gasteiger partial charge in [-0.1, -0.05) is 19.1 Å². The molecule has 3 rings (SSSR count). The van der Waals surface area contributed by atoms with Gasteiger partial charge in [0.15, 0.2) is 0 Å². The molecule has 1 saturated carbocycles. The van der Waals surface area contributed by atoms with E-state index in [1.54, 1.807) is 24.3 Å². The highest BCUT2D eigenvalue weighted by molar-refractivity contribution is 6.21. The van der Waals surface area contributed by atoms with Crippen molar-refractivity contribution in [2.45, 2.75) is 38.1 Å². The van der Waals surface area contributed by atoms with Crippen LogP contribution in [0.2, 0.25) is 0 Å². The number of fused-ring (bicyclic) bond motifs is 1. The fraction of sp³-hybridized carbons (Fsp3) is 0.500. The van der Waals surface area contributed by atoms with Crippen molar-refractivity contribution in [1.82, 2.24) is 4.90 Å². The van der Waals surface area contributed by atoms with Gasteiger partial charge in [-0.2, -0.15) is 0 Å². The van der Waals surface area contributed by atoms with Crippen LogP contribution in [0, 0.1) is 5.92 Å². The molecule has 0 spiro atoms. The van der Waals surface area contributed by atoms with Crippen molar-refractivity contribution in [3.05, 3.63) is 35.4 Å². The molecule has 1 heterocycles. The van der Waals surface area contributed by atoms with E-state index in [-0.39, 0.29) is 11.8 Å². The van der Waals surface area contributed by atoms with Crippen LogP contribution in [0.4, 0.5) is 0 Å². The first-order valence-electron chi connectivity index (χ1n) is 7.27. The molecule has 0 bridgehead atoms. The Bertz CT molecular complexity index is 524. The van der Waals surface area contributed by atoms with Crippen LogP contribution in [-0.2, 0) is 0 Å². The van der Waals surface area contributed by atoms with Gasteiger partial charge in [0.2, 0.25) is 0 Å². The van der Waals surface area contributed by atoms with Crippen LogP contribution in [0.15, 0.2) is 24.3 Å². The molecule has 4 nitrogen and oxygen atoms in total. The number of nitrogens with two attached hydrogens (primary N) is 1. The lowest BCUT2D eigenvalue weighted by Gasteiger charge is -2.44. The number of hydrogen-bond donors (Lipinski definition) is 1. The zero-order chi connectivity index (χ0) is 14.3. The quantitative estimate of drug-likeness (QED) is 0.839. The van der Waals surface area contributed by atoms with Gasteiger partial charge in [0.25, 0.3) is 11.8 Å². The molecule has 0 atom stereocenters.